The van der Waals surface area contributed by atoms with Crippen LogP contribution in [-0.2, 0) is 0 Å². The molecule has 0 bridgehead atoms. The molecule has 2 aromatic rings. The molecule has 19 heavy (non-hydrogen) atoms. The van der Waals surface area contributed by atoms with E-state index in [0.717, 1.165) is 30.7 Å². The van der Waals surface area contributed by atoms with Gasteiger partial charge in [-0.1, -0.05) is 6.92 Å². The van der Waals surface area contributed by atoms with Gasteiger partial charge in [-0.15, -0.1) is 0 Å². The van der Waals surface area contributed by atoms with E-state index in [1.165, 1.54) is 0 Å². The molecule has 0 aromatic carbocycles. The van der Waals surface area contributed by atoms with Gasteiger partial charge in [0, 0.05) is 19.1 Å². The fourth-order valence-electron chi connectivity index (χ4n) is 2.95. The largest absolute Gasteiger partial charge is 0.368 e. The second-order valence-corrected chi connectivity index (χ2v) is 5.35. The number of pyridine rings is 1. The molecule has 0 amide bonds. The van der Waals surface area contributed by atoms with Crippen molar-refractivity contribution in [2.75, 3.05) is 18.0 Å². The number of nitrogens with zero attached hydrogens (tertiary/aromatic N) is 4. The molecule has 5 nitrogen and oxygen atoms in total. The Hall–Kier alpha value is -2.06. The van der Waals surface area contributed by atoms with Crippen LogP contribution < -0.4 is 10.6 Å². The van der Waals surface area contributed by atoms with Crippen LogP contribution in [0, 0.1) is 17.2 Å². The van der Waals surface area contributed by atoms with Gasteiger partial charge < -0.3 is 10.6 Å². The van der Waals surface area contributed by atoms with E-state index >= 15 is 0 Å². The third-order valence-electron chi connectivity index (χ3n) is 3.68. The highest BCUT2D eigenvalue weighted by molar-refractivity contribution is 5.74. The maximum absolute atomic E-state index is 9.09. The van der Waals surface area contributed by atoms with Gasteiger partial charge in [0.15, 0.2) is 0 Å². The number of nitriles is 1. The lowest BCUT2D eigenvalue weighted by Gasteiger charge is -2.36. The summed E-state index contributed by atoms with van der Waals surface area (Å²) >= 11 is 0. The van der Waals surface area contributed by atoms with E-state index in [4.69, 9.17) is 11.0 Å². The first-order valence-corrected chi connectivity index (χ1v) is 6.56. The second kappa shape index (κ2) is 4.56. The number of nitrogens with two attached hydrogens (primary N) is 1. The summed E-state index contributed by atoms with van der Waals surface area (Å²) in [5.74, 6) is 0.586. The van der Waals surface area contributed by atoms with Gasteiger partial charge in [-0.3, -0.25) is 0 Å². The van der Waals surface area contributed by atoms with Gasteiger partial charge in [-0.2, -0.15) is 10.4 Å². The molecular formula is C14H17N5. The maximum Gasteiger partial charge on any atom is 0.142 e. The van der Waals surface area contributed by atoms with Crippen molar-refractivity contribution in [1.82, 2.24) is 9.61 Å². The molecule has 2 aromatic heterocycles. The lowest BCUT2D eigenvalue weighted by molar-refractivity contribution is 0.402. The predicted octanol–water partition coefficient (Wildman–Crippen LogP) is 1.38. The standard InChI is InChI=1S/C14H17N5/c1-10-6-11(16)9-18(8-10)13-3-2-12(7-15)19-14(13)4-5-17-19/h2-5,10-11H,6,8-9,16H2,1H3/t10-,11+/m0/s1. The molecule has 1 aliphatic rings. The third kappa shape index (κ3) is 2.04. The van der Waals surface area contributed by atoms with Crippen molar-refractivity contribution in [3.63, 3.8) is 0 Å². The Morgan fingerprint density at radius 3 is 2.95 bits per heavy atom. The number of aromatic nitrogens is 2. The number of hydrogen-bond donors (Lipinski definition) is 1. The molecule has 1 aliphatic heterocycles. The number of rotatable bonds is 1. The van der Waals surface area contributed by atoms with E-state index in [1.807, 2.05) is 18.2 Å². The van der Waals surface area contributed by atoms with Crippen LogP contribution in [0.15, 0.2) is 24.4 Å². The smallest absolute Gasteiger partial charge is 0.142 e. The molecule has 0 radical (unpaired) electrons. The molecule has 1 saturated heterocycles. The number of fused-ring (bicyclic) bond motifs is 1. The lowest BCUT2D eigenvalue weighted by Crippen LogP contribution is -2.46. The molecule has 2 N–H and O–H groups in total. The summed E-state index contributed by atoms with van der Waals surface area (Å²) in [5, 5.41) is 13.3. The maximum atomic E-state index is 9.09. The SMILES string of the molecule is C[C@H]1C[C@@H](N)CN(c2ccc(C#N)n3nccc23)C1. The van der Waals surface area contributed by atoms with Crippen LogP contribution in [0.25, 0.3) is 5.52 Å². The van der Waals surface area contributed by atoms with Crippen molar-refractivity contribution in [1.29, 1.82) is 5.26 Å². The summed E-state index contributed by atoms with van der Waals surface area (Å²) < 4.78 is 1.69. The van der Waals surface area contributed by atoms with E-state index in [9.17, 15) is 0 Å². The van der Waals surface area contributed by atoms with Crippen LogP contribution in [-0.4, -0.2) is 28.7 Å². The fourth-order valence-corrected chi connectivity index (χ4v) is 2.95. The van der Waals surface area contributed by atoms with Crippen LogP contribution >= 0.6 is 0 Å². The van der Waals surface area contributed by atoms with Gasteiger partial charge >= 0.3 is 0 Å². The van der Waals surface area contributed by atoms with Crippen LogP contribution in [0.1, 0.15) is 19.0 Å². The Morgan fingerprint density at radius 1 is 1.37 bits per heavy atom. The highest BCUT2D eigenvalue weighted by Crippen LogP contribution is 2.27. The summed E-state index contributed by atoms with van der Waals surface area (Å²) in [4.78, 5) is 2.30. The second-order valence-electron chi connectivity index (χ2n) is 5.35. The Labute approximate surface area is 112 Å². The van der Waals surface area contributed by atoms with Crippen LogP contribution in [0.3, 0.4) is 0 Å². The molecular weight excluding hydrogens is 238 g/mol. The first kappa shape index (κ1) is 12.0. The van der Waals surface area contributed by atoms with Crippen LogP contribution in [0.2, 0.25) is 0 Å². The van der Waals surface area contributed by atoms with E-state index in [0.29, 0.717) is 11.6 Å². The molecule has 98 valence electrons. The molecule has 0 aliphatic carbocycles. The average molecular weight is 255 g/mol. The number of anilines is 1. The van der Waals surface area contributed by atoms with Crippen LogP contribution in [0.4, 0.5) is 5.69 Å². The zero-order chi connectivity index (χ0) is 13.4. The van der Waals surface area contributed by atoms with E-state index in [-0.39, 0.29) is 6.04 Å². The summed E-state index contributed by atoms with van der Waals surface area (Å²) in [6.45, 7) is 4.08. The van der Waals surface area contributed by atoms with Crippen LogP contribution in [0.5, 0.6) is 0 Å². The first-order valence-electron chi connectivity index (χ1n) is 6.56. The summed E-state index contributed by atoms with van der Waals surface area (Å²) in [6.07, 6.45) is 2.80. The van der Waals surface area contributed by atoms with Gasteiger partial charge in [0.25, 0.3) is 0 Å². The zero-order valence-corrected chi connectivity index (χ0v) is 11.0. The Morgan fingerprint density at radius 2 is 2.21 bits per heavy atom. The normalized spacial score (nSPS) is 23.5. The molecule has 3 rings (SSSR count). The Balaban J connectivity index is 2.06. The minimum absolute atomic E-state index is 0.211. The number of hydrogen-bond acceptors (Lipinski definition) is 4. The first-order chi connectivity index (χ1) is 9.19. The summed E-state index contributed by atoms with van der Waals surface area (Å²) in [6, 6.07) is 8.14. The highest BCUT2D eigenvalue weighted by Gasteiger charge is 2.24. The van der Waals surface area contributed by atoms with Crippen molar-refractivity contribution >= 4 is 11.2 Å². The number of piperidine rings is 1. The van der Waals surface area contributed by atoms with E-state index in [2.05, 4.69) is 23.0 Å². The van der Waals surface area contributed by atoms with Gasteiger partial charge in [0.1, 0.15) is 11.8 Å². The highest BCUT2D eigenvalue weighted by atomic mass is 15.2. The zero-order valence-electron chi connectivity index (χ0n) is 11.0. The summed E-state index contributed by atoms with van der Waals surface area (Å²) in [7, 11) is 0. The van der Waals surface area contributed by atoms with Gasteiger partial charge in [0.05, 0.1) is 17.4 Å². The average Bonchev–Trinajstić information content (AvgIpc) is 2.85. The predicted molar refractivity (Wildman–Crippen MR) is 73.9 cm³/mol. The van der Waals surface area contributed by atoms with Gasteiger partial charge in [-0.05, 0) is 30.5 Å². The topological polar surface area (TPSA) is 70.3 Å². The molecule has 3 heterocycles. The third-order valence-corrected chi connectivity index (χ3v) is 3.68. The quantitative estimate of drug-likeness (QED) is 0.835. The van der Waals surface area contributed by atoms with Gasteiger partial charge in [0.2, 0.25) is 0 Å². The molecule has 0 spiro atoms. The Bertz CT molecular complexity index is 629. The van der Waals surface area contributed by atoms with E-state index in [1.54, 1.807) is 10.7 Å². The lowest BCUT2D eigenvalue weighted by atomic mass is 9.96. The summed E-state index contributed by atoms with van der Waals surface area (Å²) in [5.41, 5.74) is 8.75. The van der Waals surface area contributed by atoms with E-state index < -0.39 is 0 Å². The van der Waals surface area contributed by atoms with Crippen molar-refractivity contribution in [2.45, 2.75) is 19.4 Å². The van der Waals surface area contributed by atoms with Crippen molar-refractivity contribution in [2.24, 2.45) is 11.7 Å². The molecule has 5 heteroatoms. The van der Waals surface area contributed by atoms with Crippen molar-refractivity contribution in [3.05, 3.63) is 30.1 Å². The molecule has 0 saturated carbocycles. The Kier molecular flexibility index (Phi) is 2.88. The van der Waals surface area contributed by atoms with Crippen molar-refractivity contribution in [3.8, 4) is 6.07 Å². The minimum Gasteiger partial charge on any atom is -0.368 e. The minimum atomic E-state index is 0.211. The van der Waals surface area contributed by atoms with Crippen molar-refractivity contribution < 1.29 is 0 Å². The molecule has 0 unspecified atom stereocenters. The molecule has 1 fully saturated rings. The molecule has 2 atom stereocenters. The monoisotopic (exact) mass is 255 g/mol. The van der Waals surface area contributed by atoms with Gasteiger partial charge in [-0.25, -0.2) is 4.52 Å². The fraction of sp³-hybridized carbons (Fsp3) is 0.429.